The maximum atomic E-state index is 4.70. The molecule has 0 bridgehead atoms. The summed E-state index contributed by atoms with van der Waals surface area (Å²) >= 11 is 28.2. The molecule has 0 saturated carbocycles. The van der Waals surface area contributed by atoms with Crippen LogP contribution in [0, 0.1) is 0 Å². The second-order valence-electron chi connectivity index (χ2n) is 0.937. The molecule has 0 fully saturated rings. The molecule has 0 nitrogen and oxygen atoms in total. The van der Waals surface area contributed by atoms with Gasteiger partial charge >= 0.3 is 47.8 Å². The molecule has 0 N–H and O–H groups in total. The Morgan fingerprint density at radius 2 is 0.800 bits per heavy atom. The summed E-state index contributed by atoms with van der Waals surface area (Å²) in [4.78, 5) is 0. The van der Waals surface area contributed by atoms with Gasteiger partial charge in [-0.15, -0.1) is 23.6 Å². The maximum Gasteiger partial charge on any atom is 2.00 e. The summed E-state index contributed by atoms with van der Waals surface area (Å²) in [7, 11) is 0. The molecule has 0 aromatic carbocycles. The van der Waals surface area contributed by atoms with Crippen LogP contribution in [0.5, 0.6) is 0 Å². The molecular weight excluding hydrogens is 492 g/mol. The monoisotopic (exact) mass is 494 g/mol. The molecule has 0 amide bonds. The second kappa shape index (κ2) is 7.57. The van der Waals surface area contributed by atoms with Gasteiger partial charge in [0.1, 0.15) is 0 Å². The van der Waals surface area contributed by atoms with E-state index < -0.39 is 8.26 Å². The Morgan fingerprint density at radius 1 is 0.700 bits per heavy atom. The summed E-state index contributed by atoms with van der Waals surface area (Å²) in [6, 6.07) is 0. The van der Waals surface area contributed by atoms with Crippen molar-refractivity contribution in [3.8, 4) is 0 Å². The van der Waals surface area contributed by atoms with Crippen molar-refractivity contribution in [2.24, 2.45) is 0 Å². The van der Waals surface area contributed by atoms with Crippen molar-refractivity contribution in [1.29, 1.82) is 0 Å². The first-order valence-corrected chi connectivity index (χ1v) is 11.7. The molecule has 0 aliphatic carbocycles. The molecule has 0 saturated heterocycles. The molecule has 0 aromatic heterocycles. The van der Waals surface area contributed by atoms with Gasteiger partial charge in [0, 0.05) is 0 Å². The summed E-state index contributed by atoms with van der Waals surface area (Å²) in [5.41, 5.74) is 0. The molecule has 0 unspecified atom stereocenters. The van der Waals surface area contributed by atoms with Crippen LogP contribution in [0.2, 0.25) is 0 Å². The van der Waals surface area contributed by atoms with Gasteiger partial charge in [-0.05, 0) is 0 Å². The minimum atomic E-state index is -2.29. The van der Waals surface area contributed by atoms with Crippen LogP contribution in [0.3, 0.4) is 0 Å². The van der Waals surface area contributed by atoms with E-state index in [-0.39, 0.29) is 47.8 Å². The molecule has 4 radical (unpaired) electrons. The van der Waals surface area contributed by atoms with E-state index in [9.17, 15) is 0 Å². The summed E-state index contributed by atoms with van der Waals surface area (Å²) in [5, 5.41) is 0. The van der Waals surface area contributed by atoms with Gasteiger partial charge in [-0.3, -0.25) is 0 Å². The Balaban J connectivity index is -0.000000245. The fourth-order valence-corrected chi connectivity index (χ4v) is 0. The van der Waals surface area contributed by atoms with Gasteiger partial charge in [-0.2, -0.15) is 0 Å². The summed E-state index contributed by atoms with van der Waals surface area (Å²) < 4.78 is -4.59. The molecule has 0 atom stereocenters. The maximum absolute atomic E-state index is 4.70. The van der Waals surface area contributed by atoms with Crippen LogP contribution < -0.4 is 0 Å². The predicted octanol–water partition coefficient (Wildman–Crippen LogP) is 0.946. The molecule has 0 rings (SSSR count). The summed E-state index contributed by atoms with van der Waals surface area (Å²) in [6.07, 6.45) is 0. The molecule has 54 valence electrons. The van der Waals surface area contributed by atoms with Crippen molar-refractivity contribution >= 4 is 129 Å². The Bertz CT molecular complexity index is 143. The second-order valence-corrected chi connectivity index (χ2v) is 25.3. The Kier molecular flexibility index (Phi) is 15.0. The van der Waals surface area contributed by atoms with E-state index in [1.165, 1.54) is 0 Å². The normalized spacial score (nSPS) is 11.2. The van der Waals surface area contributed by atoms with Gasteiger partial charge in [0.25, 0.3) is 0 Å². The van der Waals surface area contributed by atoms with Gasteiger partial charge in [0.2, 0.25) is 0 Å². The first-order chi connectivity index (χ1) is 3.25. The van der Waals surface area contributed by atoms with Gasteiger partial charge in [-0.1, -0.05) is 0 Å². The minimum absolute atomic E-state index is 0. The fraction of sp³-hybridized carbons (Fsp3) is 0. The predicted molar refractivity (Wildman–Crippen MR) is 69.5 cm³/mol. The molecular formula is P2S6Sn2. The Morgan fingerprint density at radius 3 is 0.800 bits per heavy atom. The molecule has 0 spiro atoms. The summed E-state index contributed by atoms with van der Waals surface area (Å²) in [6.45, 7) is 0. The van der Waals surface area contributed by atoms with Crippen LogP contribution in [0.1, 0.15) is 0 Å². The number of rotatable bonds is 1. The zero-order valence-corrected chi connectivity index (χ0v) is 16.7. The van der Waals surface area contributed by atoms with E-state index in [4.69, 9.17) is 72.6 Å². The third kappa shape index (κ3) is 8.88. The average Bonchev–Trinajstić information content (AvgIpc) is 1.25. The van der Waals surface area contributed by atoms with E-state index in [1.54, 1.807) is 0 Å². The average molecular weight is 492 g/mol. The van der Waals surface area contributed by atoms with E-state index >= 15 is 0 Å². The van der Waals surface area contributed by atoms with Crippen molar-refractivity contribution < 1.29 is 0 Å². The third-order valence-electron chi connectivity index (χ3n) is 0.300. The summed E-state index contributed by atoms with van der Waals surface area (Å²) in [5.74, 6) is 0. The first-order valence-electron chi connectivity index (χ1n) is 1.30. The molecule has 0 aliphatic rings. The van der Waals surface area contributed by atoms with E-state index in [2.05, 4.69) is 0 Å². The number of hydrogen-bond acceptors (Lipinski definition) is 6. The zero-order valence-electron chi connectivity index (χ0n) is 4.34. The first kappa shape index (κ1) is 19.8. The third-order valence-corrected chi connectivity index (χ3v) is 24.3. The van der Waals surface area contributed by atoms with Crippen LogP contribution in [-0.4, -0.2) is 47.8 Å². The standard InChI is InChI=1S/H4P2S6.2Sn/c3-1(4,5)2(6,7)8;;/h(H2,3,4,5)(H2,6,7,8);;/q;2*+2/p-4. The van der Waals surface area contributed by atoms with Crippen molar-refractivity contribution in [3.05, 3.63) is 0 Å². The van der Waals surface area contributed by atoms with Gasteiger partial charge in [0.15, 0.2) is 0 Å². The quantitative estimate of drug-likeness (QED) is 0.302. The number of hydrogen-bond donors (Lipinski definition) is 0. The zero-order chi connectivity index (χ0) is 7.00. The molecule has 0 aromatic rings. The van der Waals surface area contributed by atoms with Crippen molar-refractivity contribution in [3.63, 3.8) is 0 Å². The topological polar surface area (TPSA) is 0 Å². The van der Waals surface area contributed by atoms with Crippen LogP contribution in [0.4, 0.5) is 0 Å². The molecule has 10 heteroatoms. The van der Waals surface area contributed by atoms with Crippen molar-refractivity contribution in [2.45, 2.75) is 0 Å². The van der Waals surface area contributed by atoms with Crippen molar-refractivity contribution in [2.75, 3.05) is 0 Å². The van der Waals surface area contributed by atoms with Crippen LogP contribution in [0.15, 0.2) is 0 Å². The van der Waals surface area contributed by atoms with Gasteiger partial charge in [0.05, 0.1) is 0 Å². The molecule has 10 heavy (non-hydrogen) atoms. The Hall–Kier alpha value is 4.30. The van der Waals surface area contributed by atoms with Crippen molar-refractivity contribution in [1.82, 2.24) is 0 Å². The van der Waals surface area contributed by atoms with Crippen LogP contribution in [0.25, 0.3) is 0 Å². The fourth-order valence-electron chi connectivity index (χ4n) is 0. The van der Waals surface area contributed by atoms with E-state index in [1.807, 2.05) is 0 Å². The van der Waals surface area contributed by atoms with Gasteiger partial charge < -0.3 is 57.3 Å². The SMILES string of the molecule is S=P([S-])([S-])P(=S)([S-])[S-].[Sn+2].[Sn+2]. The minimum Gasteiger partial charge on any atom is -0.768 e. The smallest absolute Gasteiger partial charge is 0.768 e. The van der Waals surface area contributed by atoms with E-state index in [0.717, 1.165) is 0 Å². The van der Waals surface area contributed by atoms with Crippen LogP contribution >= 0.6 is 8.26 Å². The Labute approximate surface area is 126 Å². The van der Waals surface area contributed by atoms with E-state index in [0.29, 0.717) is 0 Å². The van der Waals surface area contributed by atoms with Gasteiger partial charge in [-0.25, -0.2) is 0 Å². The van der Waals surface area contributed by atoms with Crippen LogP contribution in [-0.2, 0) is 72.6 Å². The largest absolute Gasteiger partial charge is 2.00 e. The molecule has 0 aliphatic heterocycles. The molecule has 0 heterocycles.